The van der Waals surface area contributed by atoms with E-state index in [9.17, 15) is 0 Å². The maximum Gasteiger partial charge on any atom is 0.106 e. The molecule has 1 radical (unpaired) electrons. The van der Waals surface area contributed by atoms with Crippen LogP contribution >= 0.6 is 0 Å². The Labute approximate surface area is 77.9 Å². The van der Waals surface area contributed by atoms with Crippen molar-refractivity contribution >= 4 is 12.0 Å². The molecule has 13 heavy (non-hydrogen) atoms. The van der Waals surface area contributed by atoms with Crippen LogP contribution in [-0.4, -0.2) is 11.2 Å². The van der Waals surface area contributed by atoms with Gasteiger partial charge in [0.1, 0.15) is 6.17 Å². The SMILES string of the molecule is C[CH]N1C=Nc2ccccc2C1N. The van der Waals surface area contributed by atoms with Gasteiger partial charge in [-0.2, -0.15) is 0 Å². The monoisotopic (exact) mass is 174 g/mol. The van der Waals surface area contributed by atoms with Gasteiger partial charge in [0.05, 0.1) is 12.0 Å². The number of nitrogens with two attached hydrogens (primary N) is 1. The highest BCUT2D eigenvalue weighted by Crippen LogP contribution is 2.29. The van der Waals surface area contributed by atoms with Crippen molar-refractivity contribution in [3.8, 4) is 0 Å². The Kier molecular flexibility index (Phi) is 2.02. The Morgan fingerprint density at radius 2 is 2.23 bits per heavy atom. The van der Waals surface area contributed by atoms with E-state index >= 15 is 0 Å². The molecule has 0 amide bonds. The van der Waals surface area contributed by atoms with E-state index in [1.165, 1.54) is 0 Å². The molecule has 0 spiro atoms. The molecular weight excluding hydrogens is 162 g/mol. The fraction of sp³-hybridized carbons (Fsp3) is 0.200. The van der Waals surface area contributed by atoms with Gasteiger partial charge in [-0.1, -0.05) is 18.2 Å². The van der Waals surface area contributed by atoms with Crippen molar-refractivity contribution in [2.75, 3.05) is 0 Å². The summed E-state index contributed by atoms with van der Waals surface area (Å²) in [4.78, 5) is 6.18. The van der Waals surface area contributed by atoms with Crippen LogP contribution in [0.25, 0.3) is 0 Å². The number of fused-ring (bicyclic) bond motifs is 1. The summed E-state index contributed by atoms with van der Waals surface area (Å²) in [6.07, 6.45) is 1.66. The van der Waals surface area contributed by atoms with Crippen molar-refractivity contribution in [1.29, 1.82) is 0 Å². The molecule has 1 aliphatic heterocycles. The Balaban J connectivity index is 2.42. The van der Waals surface area contributed by atoms with Crippen LogP contribution in [-0.2, 0) is 0 Å². The third-order valence-electron chi connectivity index (χ3n) is 2.20. The Hall–Kier alpha value is -1.35. The van der Waals surface area contributed by atoms with E-state index < -0.39 is 0 Å². The zero-order valence-corrected chi connectivity index (χ0v) is 7.51. The summed E-state index contributed by atoms with van der Waals surface area (Å²) < 4.78 is 0. The predicted octanol–water partition coefficient (Wildman–Crippen LogP) is 1.80. The number of aliphatic imine (C=N–C) groups is 1. The van der Waals surface area contributed by atoms with E-state index in [2.05, 4.69) is 4.99 Å². The highest BCUT2D eigenvalue weighted by Gasteiger charge is 2.18. The third-order valence-corrected chi connectivity index (χ3v) is 2.20. The van der Waals surface area contributed by atoms with E-state index in [1.54, 1.807) is 6.34 Å². The lowest BCUT2D eigenvalue weighted by Gasteiger charge is -2.29. The van der Waals surface area contributed by atoms with E-state index in [4.69, 9.17) is 5.73 Å². The molecule has 1 aromatic rings. The quantitative estimate of drug-likeness (QED) is 0.705. The minimum Gasteiger partial charge on any atom is -0.338 e. The van der Waals surface area contributed by atoms with Gasteiger partial charge < -0.3 is 10.6 Å². The van der Waals surface area contributed by atoms with Crippen LogP contribution in [0.2, 0.25) is 0 Å². The fourth-order valence-electron chi connectivity index (χ4n) is 1.44. The molecule has 1 unspecified atom stereocenters. The molecule has 3 heteroatoms. The van der Waals surface area contributed by atoms with Crippen molar-refractivity contribution in [2.24, 2.45) is 10.7 Å². The van der Waals surface area contributed by atoms with Crippen LogP contribution in [0.3, 0.4) is 0 Å². The van der Waals surface area contributed by atoms with Crippen molar-refractivity contribution in [2.45, 2.75) is 13.1 Å². The van der Waals surface area contributed by atoms with E-state index in [1.807, 2.05) is 42.6 Å². The van der Waals surface area contributed by atoms with Gasteiger partial charge in [-0.15, -0.1) is 0 Å². The largest absolute Gasteiger partial charge is 0.338 e. The maximum atomic E-state index is 6.00. The number of para-hydroxylation sites is 1. The molecule has 0 bridgehead atoms. The second-order valence-corrected chi connectivity index (χ2v) is 2.95. The van der Waals surface area contributed by atoms with Crippen LogP contribution < -0.4 is 5.73 Å². The first-order chi connectivity index (χ1) is 6.33. The summed E-state index contributed by atoms with van der Waals surface area (Å²) in [7, 11) is 0. The number of rotatable bonds is 1. The average molecular weight is 174 g/mol. The summed E-state index contributed by atoms with van der Waals surface area (Å²) >= 11 is 0. The molecular formula is C10H12N3. The molecule has 0 saturated heterocycles. The minimum absolute atomic E-state index is 0.0984. The lowest BCUT2D eigenvalue weighted by Crippen LogP contribution is -2.32. The molecule has 0 aromatic heterocycles. The molecule has 67 valence electrons. The van der Waals surface area contributed by atoms with Crippen molar-refractivity contribution < 1.29 is 0 Å². The van der Waals surface area contributed by atoms with Crippen LogP contribution in [0.5, 0.6) is 0 Å². The Morgan fingerprint density at radius 1 is 1.46 bits per heavy atom. The number of hydrogen-bond acceptors (Lipinski definition) is 3. The molecule has 1 aromatic carbocycles. The zero-order chi connectivity index (χ0) is 9.26. The molecule has 2 N–H and O–H groups in total. The standard InChI is InChI=1S/C10H12N3/c1-2-13-7-12-9-6-4-3-5-8(9)10(13)11/h2-7,10H,11H2,1H3. The summed E-state index contributed by atoms with van der Waals surface area (Å²) in [6, 6.07) is 7.92. The minimum atomic E-state index is -0.0984. The summed E-state index contributed by atoms with van der Waals surface area (Å²) in [5, 5.41) is 0. The van der Waals surface area contributed by atoms with Crippen LogP contribution in [0.4, 0.5) is 5.69 Å². The first-order valence-electron chi connectivity index (χ1n) is 4.28. The van der Waals surface area contributed by atoms with Crippen LogP contribution in [0, 0.1) is 6.54 Å². The third kappa shape index (κ3) is 1.31. The van der Waals surface area contributed by atoms with Gasteiger partial charge in [-0.05, 0) is 13.0 Å². The molecule has 2 rings (SSSR count). The van der Waals surface area contributed by atoms with Crippen molar-refractivity contribution in [1.82, 2.24) is 4.90 Å². The second-order valence-electron chi connectivity index (χ2n) is 2.95. The Morgan fingerprint density at radius 3 is 3.00 bits per heavy atom. The van der Waals surface area contributed by atoms with Gasteiger partial charge in [0, 0.05) is 12.1 Å². The molecule has 1 aliphatic rings. The van der Waals surface area contributed by atoms with Gasteiger partial charge in [-0.25, -0.2) is 4.99 Å². The maximum absolute atomic E-state index is 6.00. The second kappa shape index (κ2) is 3.18. The lowest BCUT2D eigenvalue weighted by molar-refractivity contribution is 0.392. The normalized spacial score (nSPS) is 20.2. The smallest absolute Gasteiger partial charge is 0.106 e. The van der Waals surface area contributed by atoms with Crippen molar-refractivity contribution in [3.05, 3.63) is 36.4 Å². The lowest BCUT2D eigenvalue weighted by atomic mass is 10.1. The molecule has 0 aliphatic carbocycles. The highest BCUT2D eigenvalue weighted by atomic mass is 15.2. The summed E-state index contributed by atoms with van der Waals surface area (Å²) in [6.45, 7) is 3.86. The van der Waals surface area contributed by atoms with Crippen molar-refractivity contribution in [3.63, 3.8) is 0 Å². The molecule has 3 nitrogen and oxygen atoms in total. The van der Waals surface area contributed by atoms with Gasteiger partial charge in [0.25, 0.3) is 0 Å². The zero-order valence-electron chi connectivity index (χ0n) is 7.51. The fourth-order valence-corrected chi connectivity index (χ4v) is 1.44. The number of hydrogen-bond donors (Lipinski definition) is 1. The topological polar surface area (TPSA) is 41.6 Å². The van der Waals surface area contributed by atoms with Crippen LogP contribution in [0.15, 0.2) is 29.3 Å². The van der Waals surface area contributed by atoms with E-state index in [-0.39, 0.29) is 6.17 Å². The highest BCUT2D eigenvalue weighted by molar-refractivity contribution is 5.68. The van der Waals surface area contributed by atoms with E-state index in [0.29, 0.717) is 0 Å². The summed E-state index contributed by atoms with van der Waals surface area (Å²) in [5.74, 6) is 0. The number of nitrogens with zero attached hydrogens (tertiary/aromatic N) is 2. The average Bonchev–Trinajstić information content (AvgIpc) is 2.19. The molecule has 1 atom stereocenters. The van der Waals surface area contributed by atoms with Gasteiger partial charge in [0.15, 0.2) is 0 Å². The Bertz CT molecular complexity index is 333. The van der Waals surface area contributed by atoms with Gasteiger partial charge in [0.2, 0.25) is 0 Å². The van der Waals surface area contributed by atoms with Gasteiger partial charge >= 0.3 is 0 Å². The molecule has 1 heterocycles. The molecule has 0 fully saturated rings. The van der Waals surface area contributed by atoms with Crippen LogP contribution in [0.1, 0.15) is 18.7 Å². The first kappa shape index (κ1) is 8.26. The summed E-state index contributed by atoms with van der Waals surface area (Å²) in [5.41, 5.74) is 8.04. The van der Waals surface area contributed by atoms with E-state index in [0.717, 1.165) is 11.3 Å². The van der Waals surface area contributed by atoms with Gasteiger partial charge in [-0.3, -0.25) is 0 Å². The molecule has 0 saturated carbocycles. The predicted molar refractivity (Wildman–Crippen MR) is 53.3 cm³/mol. The number of benzene rings is 1. The first-order valence-corrected chi connectivity index (χ1v) is 4.28.